The van der Waals surface area contributed by atoms with Gasteiger partial charge in [0.25, 0.3) is 0 Å². The van der Waals surface area contributed by atoms with Gasteiger partial charge in [-0.25, -0.2) is 0 Å². The van der Waals surface area contributed by atoms with Crippen molar-refractivity contribution in [2.75, 3.05) is 13.1 Å². The fraction of sp³-hybridized carbons (Fsp3) is 0.581. The smallest absolute Gasteiger partial charge is 0.309 e. The minimum absolute atomic E-state index is 0.408. The number of nitrogens with zero attached hydrogens (tertiary/aromatic N) is 1. The van der Waals surface area contributed by atoms with Gasteiger partial charge in [-0.3, -0.25) is 4.79 Å². The Hall–Kier alpha value is -1.92. The molecule has 1 saturated heterocycles. The molecule has 1 aromatic heterocycles. The Labute approximate surface area is 231 Å². The van der Waals surface area contributed by atoms with Crippen LogP contribution < -0.4 is 4.74 Å². The van der Waals surface area contributed by atoms with Crippen LogP contribution in [0.1, 0.15) is 83.9 Å². The number of hydrogen-bond acceptors (Lipinski definition) is 5. The number of likely N-dealkylation sites (tertiary alicyclic amines) is 1. The molecule has 0 bridgehead atoms. The number of carboxylic acid groups (broad SMARTS) is 1. The van der Waals surface area contributed by atoms with Crippen molar-refractivity contribution in [1.82, 2.24) is 4.90 Å². The molecule has 1 fully saturated rings. The molecule has 1 aromatic carbocycles. The maximum atomic E-state index is 11.8. The first kappa shape index (κ1) is 28.1. The molecule has 3 heterocycles. The van der Waals surface area contributed by atoms with Gasteiger partial charge < -0.3 is 14.7 Å². The molecule has 0 amide bonds. The third-order valence-electron chi connectivity index (χ3n) is 7.98. The van der Waals surface area contributed by atoms with Gasteiger partial charge in [0.15, 0.2) is 5.06 Å². The van der Waals surface area contributed by atoms with Crippen molar-refractivity contribution in [2.24, 2.45) is 17.3 Å². The summed E-state index contributed by atoms with van der Waals surface area (Å²) in [4.78, 5) is 14.4. The highest BCUT2D eigenvalue weighted by atomic mass is 32.2. The second-order valence-electron chi connectivity index (χ2n) is 12.0. The predicted molar refractivity (Wildman–Crippen MR) is 157 cm³/mol. The number of aliphatic carboxylic acids is 1. The van der Waals surface area contributed by atoms with Crippen molar-refractivity contribution in [3.8, 4) is 10.8 Å². The molecule has 2 aromatic rings. The fourth-order valence-electron chi connectivity index (χ4n) is 5.64. The van der Waals surface area contributed by atoms with E-state index in [0.717, 1.165) is 56.0 Å². The second-order valence-corrected chi connectivity index (χ2v) is 14.9. The van der Waals surface area contributed by atoms with Crippen LogP contribution in [0.25, 0.3) is 5.70 Å². The van der Waals surface area contributed by atoms with Gasteiger partial charge >= 0.3 is 5.97 Å². The minimum Gasteiger partial charge on any atom is -0.481 e. The zero-order chi connectivity index (χ0) is 26.9. The van der Waals surface area contributed by atoms with E-state index >= 15 is 0 Å². The first-order valence-electron chi connectivity index (χ1n) is 13.7. The van der Waals surface area contributed by atoms with Gasteiger partial charge in [-0.1, -0.05) is 44.2 Å². The molecule has 1 N–H and O–H groups in total. The lowest BCUT2D eigenvalue weighted by molar-refractivity contribution is -0.148. The number of benzene rings is 1. The molecule has 0 saturated carbocycles. The lowest BCUT2D eigenvalue weighted by Crippen LogP contribution is -2.29. The summed E-state index contributed by atoms with van der Waals surface area (Å²) in [6.45, 7) is 16.9. The van der Waals surface area contributed by atoms with E-state index in [1.807, 2.05) is 25.6 Å². The molecule has 2 unspecified atom stereocenters. The molecule has 2 atom stereocenters. The normalized spacial score (nSPS) is 20.9. The average molecular weight is 542 g/mol. The van der Waals surface area contributed by atoms with Crippen LogP contribution >= 0.6 is 23.1 Å². The molecule has 2 aliphatic heterocycles. The predicted octanol–water partition coefficient (Wildman–Crippen LogP) is 8.88. The lowest BCUT2D eigenvalue weighted by atomic mass is 9.76. The maximum Gasteiger partial charge on any atom is 0.309 e. The number of ether oxygens (including phenoxy) is 1. The first-order valence-corrected chi connectivity index (χ1v) is 15.4. The third kappa shape index (κ3) is 6.57. The van der Waals surface area contributed by atoms with Crippen molar-refractivity contribution in [3.63, 3.8) is 0 Å². The van der Waals surface area contributed by atoms with Crippen molar-refractivity contribution in [3.05, 3.63) is 46.5 Å². The monoisotopic (exact) mass is 541 g/mol. The summed E-state index contributed by atoms with van der Waals surface area (Å²) < 4.78 is 8.02. The van der Waals surface area contributed by atoms with E-state index in [1.54, 1.807) is 11.3 Å². The van der Waals surface area contributed by atoms with Gasteiger partial charge in [0, 0.05) is 24.0 Å². The Bertz CT molecular complexity index is 1160. The quantitative estimate of drug-likeness (QED) is 0.370. The average Bonchev–Trinajstić information content (AvgIpc) is 3.11. The van der Waals surface area contributed by atoms with Crippen LogP contribution in [0, 0.1) is 24.2 Å². The molecule has 4 rings (SSSR count). The van der Waals surface area contributed by atoms with Crippen molar-refractivity contribution in [1.29, 1.82) is 0 Å². The summed E-state index contributed by atoms with van der Waals surface area (Å²) in [5.41, 5.74) is 5.75. The van der Waals surface area contributed by atoms with E-state index in [4.69, 9.17) is 4.74 Å². The molecule has 0 spiro atoms. The molecule has 37 heavy (non-hydrogen) atoms. The maximum absolute atomic E-state index is 11.8. The number of hydrogen-bond donors (Lipinski definition) is 1. The zero-order valence-electron chi connectivity index (χ0n) is 23.5. The van der Waals surface area contributed by atoms with Gasteiger partial charge in [0.2, 0.25) is 0 Å². The number of allylic oxidation sites excluding steroid dienone is 1. The SMILES string of the molecule is CC1=C(N2CCC(C)C(CC(C)(C)C(=O)O)CC2)c2cc(SC(C)C)sc2Oc2cc(C)ccc2CC1. The number of aryl methyl sites for hydroxylation is 2. The highest BCUT2D eigenvalue weighted by molar-refractivity contribution is 8.01. The van der Waals surface area contributed by atoms with Gasteiger partial charge in [0.05, 0.1) is 15.2 Å². The van der Waals surface area contributed by atoms with Gasteiger partial charge in [-0.2, -0.15) is 0 Å². The number of thioether (sulfide) groups is 1. The summed E-state index contributed by atoms with van der Waals surface area (Å²) in [6, 6.07) is 8.94. The molecule has 2 aliphatic rings. The summed E-state index contributed by atoms with van der Waals surface area (Å²) >= 11 is 3.67. The Balaban J connectivity index is 1.70. The van der Waals surface area contributed by atoms with Crippen molar-refractivity contribution in [2.45, 2.75) is 90.0 Å². The molecule has 6 heteroatoms. The molecule has 202 valence electrons. The first-order chi connectivity index (χ1) is 17.4. The highest BCUT2D eigenvalue weighted by Crippen LogP contribution is 2.47. The largest absolute Gasteiger partial charge is 0.481 e. The summed E-state index contributed by atoms with van der Waals surface area (Å²) in [6.07, 6.45) is 4.78. The standard InChI is InChI=1S/C31H43NO3S2/c1-19(2)36-27-17-25-28(32-14-12-21(4)24(13-15-32)18-31(6,7)30(33)34)22(5)9-11-23-10-8-20(3)16-26(23)35-29(25)37-27/h8,10,16-17,19,21,24H,9,11-15,18H2,1-7H3,(H,33,34). The summed E-state index contributed by atoms with van der Waals surface area (Å²) in [5, 5.41) is 11.2. The van der Waals surface area contributed by atoms with E-state index < -0.39 is 11.4 Å². The molecule has 4 nitrogen and oxygen atoms in total. The van der Waals surface area contributed by atoms with E-state index in [-0.39, 0.29) is 0 Å². The highest BCUT2D eigenvalue weighted by Gasteiger charge is 2.35. The zero-order valence-corrected chi connectivity index (χ0v) is 25.2. The molecular weight excluding hydrogens is 498 g/mol. The van der Waals surface area contributed by atoms with Crippen molar-refractivity contribution < 1.29 is 14.6 Å². The van der Waals surface area contributed by atoms with E-state index in [9.17, 15) is 9.90 Å². The van der Waals surface area contributed by atoms with Gasteiger partial charge in [-0.05, 0) is 100 Å². The third-order valence-corrected chi connectivity index (χ3v) is 10.1. The Morgan fingerprint density at radius 2 is 1.92 bits per heavy atom. The van der Waals surface area contributed by atoms with E-state index in [1.165, 1.54) is 32.2 Å². The Kier molecular flexibility index (Phi) is 8.69. The van der Waals surface area contributed by atoms with Crippen LogP contribution in [0.3, 0.4) is 0 Å². The lowest BCUT2D eigenvalue weighted by Gasteiger charge is -2.29. The number of thiophene rings is 1. The number of rotatable bonds is 6. The Morgan fingerprint density at radius 1 is 1.19 bits per heavy atom. The van der Waals surface area contributed by atoms with Crippen LogP contribution in [0.4, 0.5) is 0 Å². The number of fused-ring (bicyclic) bond motifs is 2. The molecular formula is C31H43NO3S2. The van der Waals surface area contributed by atoms with Crippen LogP contribution in [-0.2, 0) is 11.2 Å². The van der Waals surface area contributed by atoms with Crippen LogP contribution in [0.15, 0.2) is 34.0 Å². The molecule has 0 radical (unpaired) electrons. The second kappa shape index (κ2) is 11.4. The number of carbonyl (C=O) groups is 1. The van der Waals surface area contributed by atoms with E-state index in [2.05, 4.69) is 63.8 Å². The number of carboxylic acids is 1. The van der Waals surface area contributed by atoms with Crippen LogP contribution in [0.2, 0.25) is 0 Å². The summed E-state index contributed by atoms with van der Waals surface area (Å²) in [7, 11) is 0. The Morgan fingerprint density at radius 3 is 2.62 bits per heavy atom. The van der Waals surface area contributed by atoms with Gasteiger partial charge in [0.1, 0.15) is 5.75 Å². The van der Waals surface area contributed by atoms with Gasteiger partial charge in [-0.15, -0.1) is 11.8 Å². The minimum atomic E-state index is -0.694. The fourth-order valence-corrected chi connectivity index (χ4v) is 8.04. The molecule has 0 aliphatic carbocycles. The van der Waals surface area contributed by atoms with Crippen LogP contribution in [0.5, 0.6) is 10.8 Å². The van der Waals surface area contributed by atoms with Crippen LogP contribution in [-0.4, -0.2) is 34.3 Å². The van der Waals surface area contributed by atoms with Crippen molar-refractivity contribution >= 4 is 34.8 Å². The topological polar surface area (TPSA) is 49.8 Å². The van der Waals surface area contributed by atoms with E-state index in [0.29, 0.717) is 17.1 Å². The summed E-state index contributed by atoms with van der Waals surface area (Å²) in [5.74, 6) is 1.20.